The van der Waals surface area contributed by atoms with Gasteiger partial charge in [-0.15, -0.1) is 0 Å². The predicted molar refractivity (Wildman–Crippen MR) is 79.6 cm³/mol. The van der Waals surface area contributed by atoms with Gasteiger partial charge >= 0.3 is 0 Å². The Balaban J connectivity index is 1.90. The topological polar surface area (TPSA) is 50.1 Å². The van der Waals surface area contributed by atoms with Crippen LogP contribution in [-0.4, -0.2) is 14.9 Å². The van der Waals surface area contributed by atoms with Gasteiger partial charge in [-0.3, -0.25) is 4.68 Å². The van der Waals surface area contributed by atoms with Gasteiger partial charge in [-0.05, 0) is 32.3 Å². The van der Waals surface area contributed by atoms with Gasteiger partial charge < -0.3 is 10.4 Å². The summed E-state index contributed by atoms with van der Waals surface area (Å²) in [5.41, 5.74) is 4.58. The van der Waals surface area contributed by atoms with Gasteiger partial charge in [0.2, 0.25) is 0 Å². The number of para-hydroxylation sites is 1. The van der Waals surface area contributed by atoms with Crippen molar-refractivity contribution >= 4 is 5.69 Å². The van der Waals surface area contributed by atoms with E-state index in [1.54, 1.807) is 6.92 Å². The Morgan fingerprint density at radius 3 is 3.00 bits per heavy atom. The maximum atomic E-state index is 9.88. The van der Waals surface area contributed by atoms with E-state index in [-0.39, 0.29) is 6.04 Å². The third-order valence-corrected chi connectivity index (χ3v) is 4.12. The summed E-state index contributed by atoms with van der Waals surface area (Å²) in [4.78, 5) is 0. The molecule has 2 N–H and O–H groups in total. The number of nitrogens with one attached hydrogen (secondary N) is 1. The highest BCUT2D eigenvalue weighted by Gasteiger charge is 2.24. The smallest absolute Gasteiger partial charge is 0.0781 e. The maximum Gasteiger partial charge on any atom is 0.0781 e. The number of aliphatic hydroxyl groups is 1. The molecule has 0 saturated carbocycles. The summed E-state index contributed by atoms with van der Waals surface area (Å²) < 4.78 is 1.98. The fourth-order valence-electron chi connectivity index (χ4n) is 3.04. The highest BCUT2D eigenvalue weighted by molar-refractivity contribution is 5.54. The van der Waals surface area contributed by atoms with E-state index in [1.807, 2.05) is 42.2 Å². The van der Waals surface area contributed by atoms with E-state index < -0.39 is 6.10 Å². The summed E-state index contributed by atoms with van der Waals surface area (Å²) in [6.45, 7) is 1.80. The molecule has 4 nitrogen and oxygen atoms in total. The molecule has 3 rings (SSSR count). The minimum absolute atomic E-state index is 0.285. The summed E-state index contributed by atoms with van der Waals surface area (Å²) in [6.07, 6.45) is 4.88. The molecule has 0 aliphatic heterocycles. The van der Waals surface area contributed by atoms with Crippen LogP contribution in [-0.2, 0) is 13.5 Å². The van der Waals surface area contributed by atoms with Crippen LogP contribution in [0.4, 0.5) is 5.69 Å². The molecule has 106 valence electrons. The van der Waals surface area contributed by atoms with Crippen molar-refractivity contribution in [2.24, 2.45) is 7.05 Å². The van der Waals surface area contributed by atoms with E-state index in [1.165, 1.54) is 17.7 Å². The first kappa shape index (κ1) is 13.2. The van der Waals surface area contributed by atoms with Gasteiger partial charge in [0.1, 0.15) is 0 Å². The van der Waals surface area contributed by atoms with Crippen LogP contribution in [0.15, 0.2) is 30.5 Å². The van der Waals surface area contributed by atoms with Gasteiger partial charge in [0.15, 0.2) is 0 Å². The average Bonchev–Trinajstić information content (AvgIpc) is 2.82. The van der Waals surface area contributed by atoms with Crippen LogP contribution in [0.25, 0.3) is 0 Å². The molecule has 0 radical (unpaired) electrons. The summed E-state index contributed by atoms with van der Waals surface area (Å²) >= 11 is 0. The SMILES string of the molecule is CC(O)c1ccccc1NC1CCCc2c1cnn2C. The number of benzene rings is 1. The number of rotatable bonds is 3. The molecule has 1 heterocycles. The van der Waals surface area contributed by atoms with Crippen molar-refractivity contribution < 1.29 is 5.11 Å². The molecule has 0 spiro atoms. The standard InChI is InChI=1S/C16H21N3O/c1-11(20)12-6-3-4-7-14(12)18-15-8-5-9-16-13(15)10-17-19(16)2/h3-4,6-7,10-11,15,18,20H,5,8-9H2,1-2H3. The summed E-state index contributed by atoms with van der Waals surface area (Å²) in [7, 11) is 2.00. The molecule has 1 aromatic heterocycles. The number of aromatic nitrogens is 2. The monoisotopic (exact) mass is 271 g/mol. The van der Waals surface area contributed by atoms with Crippen LogP contribution >= 0.6 is 0 Å². The highest BCUT2D eigenvalue weighted by Crippen LogP contribution is 2.34. The number of aliphatic hydroxyl groups excluding tert-OH is 1. The minimum Gasteiger partial charge on any atom is -0.389 e. The average molecular weight is 271 g/mol. The van der Waals surface area contributed by atoms with Gasteiger partial charge in [-0.1, -0.05) is 18.2 Å². The number of fused-ring (bicyclic) bond motifs is 1. The summed E-state index contributed by atoms with van der Waals surface area (Å²) in [6, 6.07) is 8.25. The molecule has 2 aromatic rings. The molecule has 20 heavy (non-hydrogen) atoms. The van der Waals surface area contributed by atoms with Crippen LogP contribution in [0.1, 0.15) is 48.7 Å². The van der Waals surface area contributed by atoms with Crippen molar-refractivity contribution in [3.05, 3.63) is 47.3 Å². The van der Waals surface area contributed by atoms with Gasteiger partial charge in [0.05, 0.1) is 18.3 Å². The van der Waals surface area contributed by atoms with Crippen molar-refractivity contribution in [1.29, 1.82) is 0 Å². The zero-order valence-electron chi connectivity index (χ0n) is 12.0. The number of nitrogens with zero attached hydrogens (tertiary/aromatic N) is 2. The van der Waals surface area contributed by atoms with Crippen LogP contribution in [0.5, 0.6) is 0 Å². The molecule has 0 amide bonds. The fourth-order valence-corrected chi connectivity index (χ4v) is 3.04. The Labute approximate surface area is 119 Å². The molecule has 0 fully saturated rings. The normalized spacial score (nSPS) is 19.4. The first-order chi connectivity index (χ1) is 9.66. The number of hydrogen-bond acceptors (Lipinski definition) is 3. The summed E-state index contributed by atoms with van der Waals surface area (Å²) in [5.74, 6) is 0. The van der Waals surface area contributed by atoms with Crippen LogP contribution in [0, 0.1) is 0 Å². The molecule has 1 aliphatic carbocycles. The van der Waals surface area contributed by atoms with Gasteiger partial charge in [-0.2, -0.15) is 5.10 Å². The third kappa shape index (κ3) is 2.31. The zero-order valence-corrected chi connectivity index (χ0v) is 12.0. The van der Waals surface area contributed by atoms with E-state index >= 15 is 0 Å². The first-order valence-corrected chi connectivity index (χ1v) is 7.21. The molecule has 0 saturated heterocycles. The Morgan fingerprint density at radius 2 is 2.20 bits per heavy atom. The lowest BCUT2D eigenvalue weighted by molar-refractivity contribution is 0.200. The summed E-state index contributed by atoms with van der Waals surface area (Å²) in [5, 5.41) is 17.8. The lowest BCUT2D eigenvalue weighted by Gasteiger charge is -2.26. The Bertz CT molecular complexity index is 604. The van der Waals surface area contributed by atoms with Gasteiger partial charge in [-0.25, -0.2) is 0 Å². The van der Waals surface area contributed by atoms with E-state index in [9.17, 15) is 5.11 Å². The Kier molecular flexibility index (Phi) is 3.49. The second-order valence-electron chi connectivity index (χ2n) is 5.52. The minimum atomic E-state index is -0.462. The Hall–Kier alpha value is -1.81. The van der Waals surface area contributed by atoms with Crippen molar-refractivity contribution in [1.82, 2.24) is 9.78 Å². The fraction of sp³-hybridized carbons (Fsp3) is 0.438. The number of aryl methyl sites for hydroxylation is 1. The molecule has 0 bridgehead atoms. The molecule has 2 unspecified atom stereocenters. The van der Waals surface area contributed by atoms with Crippen molar-refractivity contribution in [3.63, 3.8) is 0 Å². The van der Waals surface area contributed by atoms with E-state index in [4.69, 9.17) is 0 Å². The predicted octanol–water partition coefficient (Wildman–Crippen LogP) is 2.96. The zero-order chi connectivity index (χ0) is 14.1. The van der Waals surface area contributed by atoms with Gasteiger partial charge in [0.25, 0.3) is 0 Å². The van der Waals surface area contributed by atoms with E-state index in [2.05, 4.69) is 10.4 Å². The maximum absolute atomic E-state index is 9.88. The molecular weight excluding hydrogens is 250 g/mol. The van der Waals surface area contributed by atoms with Crippen LogP contribution < -0.4 is 5.32 Å². The molecule has 1 aliphatic rings. The number of anilines is 1. The van der Waals surface area contributed by atoms with Crippen LogP contribution in [0.3, 0.4) is 0 Å². The third-order valence-electron chi connectivity index (χ3n) is 4.12. The van der Waals surface area contributed by atoms with Crippen molar-refractivity contribution in [2.45, 2.75) is 38.3 Å². The molecular formula is C16H21N3O. The second kappa shape index (κ2) is 5.29. The van der Waals surface area contributed by atoms with E-state index in [0.29, 0.717) is 0 Å². The highest BCUT2D eigenvalue weighted by atomic mass is 16.3. The molecule has 1 aromatic carbocycles. The van der Waals surface area contributed by atoms with Crippen molar-refractivity contribution in [2.75, 3.05) is 5.32 Å². The van der Waals surface area contributed by atoms with Gasteiger partial charge in [0, 0.05) is 29.6 Å². The van der Waals surface area contributed by atoms with Crippen LogP contribution in [0.2, 0.25) is 0 Å². The van der Waals surface area contributed by atoms with Crippen molar-refractivity contribution in [3.8, 4) is 0 Å². The van der Waals surface area contributed by atoms with E-state index in [0.717, 1.165) is 24.1 Å². The Morgan fingerprint density at radius 1 is 1.40 bits per heavy atom. The number of hydrogen-bond donors (Lipinski definition) is 2. The largest absolute Gasteiger partial charge is 0.389 e. The molecule has 2 atom stereocenters. The quantitative estimate of drug-likeness (QED) is 0.902. The lowest BCUT2D eigenvalue weighted by Crippen LogP contribution is -2.18. The first-order valence-electron chi connectivity index (χ1n) is 7.21. The second-order valence-corrected chi connectivity index (χ2v) is 5.52. The lowest BCUT2D eigenvalue weighted by atomic mass is 9.92. The molecule has 4 heteroatoms.